The van der Waals surface area contributed by atoms with E-state index < -0.39 is 0 Å². The van der Waals surface area contributed by atoms with Crippen molar-refractivity contribution in [3.05, 3.63) is 36.0 Å². The summed E-state index contributed by atoms with van der Waals surface area (Å²) >= 11 is 0. The molecule has 0 unspecified atom stereocenters. The van der Waals surface area contributed by atoms with Crippen molar-refractivity contribution in [1.29, 1.82) is 0 Å². The minimum atomic E-state index is 0.266. The molecule has 2 N–H and O–H groups in total. The van der Waals surface area contributed by atoms with Crippen LogP contribution in [-0.4, -0.2) is 10.6 Å². The third-order valence-electron chi connectivity index (χ3n) is 4.18. The maximum Gasteiger partial charge on any atom is 0.0477 e. The number of rotatable bonds is 1. The van der Waals surface area contributed by atoms with E-state index in [2.05, 4.69) is 55.9 Å². The highest BCUT2D eigenvalue weighted by molar-refractivity contribution is 5.81. The normalized spacial score (nSPS) is 27.2. The van der Waals surface area contributed by atoms with E-state index in [1.807, 2.05) is 0 Å². The minimum absolute atomic E-state index is 0.266. The zero-order chi connectivity index (χ0) is 11.5. The van der Waals surface area contributed by atoms with E-state index in [0.717, 1.165) is 0 Å². The van der Waals surface area contributed by atoms with Crippen molar-refractivity contribution >= 4 is 10.9 Å². The van der Waals surface area contributed by atoms with Crippen molar-refractivity contribution in [1.82, 2.24) is 4.57 Å². The zero-order valence-electron chi connectivity index (χ0n) is 10.1. The number of aryl methyl sites for hydroxylation is 1. The van der Waals surface area contributed by atoms with E-state index in [0.29, 0.717) is 12.0 Å². The van der Waals surface area contributed by atoms with Crippen LogP contribution in [0, 0.1) is 5.41 Å². The van der Waals surface area contributed by atoms with Gasteiger partial charge in [-0.05, 0) is 34.6 Å². The molecule has 1 fully saturated rings. The van der Waals surface area contributed by atoms with E-state index in [1.54, 1.807) is 0 Å². The summed E-state index contributed by atoms with van der Waals surface area (Å²) in [7, 11) is 2.08. The summed E-state index contributed by atoms with van der Waals surface area (Å²) in [5.41, 5.74) is 9.06. The summed E-state index contributed by atoms with van der Waals surface area (Å²) in [6.45, 7) is 4.50. The molecule has 16 heavy (non-hydrogen) atoms. The second kappa shape index (κ2) is 2.89. The zero-order valence-corrected chi connectivity index (χ0v) is 10.1. The van der Waals surface area contributed by atoms with Crippen LogP contribution in [0.1, 0.15) is 25.3 Å². The number of benzene rings is 1. The maximum atomic E-state index is 6.12. The molecule has 0 bridgehead atoms. The Morgan fingerprint density at radius 3 is 2.56 bits per heavy atom. The van der Waals surface area contributed by atoms with Crippen LogP contribution in [0.4, 0.5) is 0 Å². The molecule has 2 aromatic rings. The second-order valence-electron chi connectivity index (χ2n) is 5.57. The standard InChI is InChI=1S/C14H18N2/c1-14(2)12(13(14)15)10-4-5-11-9(8-10)6-7-16(11)3/h4-8,12-13H,15H2,1-3H3/t12-,13-/m1/s1. The fraction of sp³-hybridized carbons (Fsp3) is 0.429. The highest BCUT2D eigenvalue weighted by atomic mass is 14.9. The summed E-state index contributed by atoms with van der Waals surface area (Å²) in [6, 6.07) is 9.19. The predicted octanol–water partition coefficient (Wildman–Crippen LogP) is 2.63. The quantitative estimate of drug-likeness (QED) is 0.777. The van der Waals surface area contributed by atoms with Crippen LogP contribution in [0.3, 0.4) is 0 Å². The lowest BCUT2D eigenvalue weighted by molar-refractivity contribution is 0.599. The van der Waals surface area contributed by atoms with Gasteiger partial charge in [0, 0.05) is 30.7 Å². The number of fused-ring (bicyclic) bond motifs is 1. The fourth-order valence-corrected chi connectivity index (χ4v) is 2.81. The van der Waals surface area contributed by atoms with Crippen molar-refractivity contribution < 1.29 is 0 Å². The number of nitrogens with two attached hydrogens (primary N) is 1. The summed E-state index contributed by atoms with van der Waals surface area (Å²) in [4.78, 5) is 0. The molecule has 1 aromatic heterocycles. The van der Waals surface area contributed by atoms with Gasteiger partial charge in [-0.3, -0.25) is 0 Å². The fourth-order valence-electron chi connectivity index (χ4n) is 2.81. The van der Waals surface area contributed by atoms with Crippen molar-refractivity contribution in [3.8, 4) is 0 Å². The van der Waals surface area contributed by atoms with Gasteiger partial charge in [0.05, 0.1) is 0 Å². The largest absolute Gasteiger partial charge is 0.351 e. The van der Waals surface area contributed by atoms with E-state index in [1.165, 1.54) is 16.5 Å². The Kier molecular flexibility index (Phi) is 1.79. The van der Waals surface area contributed by atoms with Gasteiger partial charge >= 0.3 is 0 Å². The second-order valence-corrected chi connectivity index (χ2v) is 5.57. The third-order valence-corrected chi connectivity index (χ3v) is 4.18. The summed E-state index contributed by atoms with van der Waals surface area (Å²) in [6.07, 6.45) is 2.10. The molecular weight excluding hydrogens is 196 g/mol. The lowest BCUT2D eigenvalue weighted by Gasteiger charge is -2.04. The molecule has 2 heteroatoms. The molecule has 0 amide bonds. The van der Waals surface area contributed by atoms with Gasteiger partial charge in [-0.2, -0.15) is 0 Å². The Morgan fingerprint density at radius 2 is 1.94 bits per heavy atom. The first-order chi connectivity index (χ1) is 7.51. The minimum Gasteiger partial charge on any atom is -0.351 e. The Hall–Kier alpha value is -1.28. The lowest BCUT2D eigenvalue weighted by atomic mass is 10.0. The van der Waals surface area contributed by atoms with Crippen molar-refractivity contribution in [2.45, 2.75) is 25.8 Å². The first kappa shape index (κ1) is 9.91. The number of hydrogen-bond acceptors (Lipinski definition) is 1. The van der Waals surface area contributed by atoms with Crippen LogP contribution in [0.2, 0.25) is 0 Å². The number of nitrogens with zero attached hydrogens (tertiary/aromatic N) is 1. The molecule has 0 aliphatic heterocycles. The first-order valence-corrected chi connectivity index (χ1v) is 5.82. The Balaban J connectivity index is 2.07. The smallest absolute Gasteiger partial charge is 0.0477 e. The van der Waals surface area contributed by atoms with Gasteiger partial charge in [-0.25, -0.2) is 0 Å². The van der Waals surface area contributed by atoms with E-state index in [4.69, 9.17) is 5.73 Å². The molecule has 1 heterocycles. The Labute approximate surface area is 96.1 Å². The average molecular weight is 214 g/mol. The van der Waals surface area contributed by atoms with Crippen molar-refractivity contribution in [3.63, 3.8) is 0 Å². The molecule has 3 rings (SSSR count). The predicted molar refractivity (Wildman–Crippen MR) is 67.4 cm³/mol. The number of aromatic nitrogens is 1. The van der Waals surface area contributed by atoms with Gasteiger partial charge in [0.1, 0.15) is 0 Å². The highest BCUT2D eigenvalue weighted by Crippen LogP contribution is 2.57. The van der Waals surface area contributed by atoms with Gasteiger partial charge in [-0.1, -0.05) is 19.9 Å². The van der Waals surface area contributed by atoms with Gasteiger partial charge in [0.25, 0.3) is 0 Å². The molecule has 1 aliphatic rings. The van der Waals surface area contributed by atoms with E-state index >= 15 is 0 Å². The molecule has 2 nitrogen and oxygen atoms in total. The lowest BCUT2D eigenvalue weighted by Crippen LogP contribution is -2.06. The van der Waals surface area contributed by atoms with Crippen LogP contribution in [0.25, 0.3) is 10.9 Å². The molecule has 0 radical (unpaired) electrons. The van der Waals surface area contributed by atoms with Crippen molar-refractivity contribution in [2.24, 2.45) is 18.2 Å². The van der Waals surface area contributed by atoms with Crippen LogP contribution < -0.4 is 5.73 Å². The Bertz CT molecular complexity index is 551. The average Bonchev–Trinajstić information content (AvgIpc) is 2.57. The SMILES string of the molecule is Cn1ccc2cc([C@@H]3[C@@H](N)C3(C)C)ccc21. The molecule has 1 saturated carbocycles. The molecular formula is C14H18N2. The van der Waals surface area contributed by atoms with Crippen molar-refractivity contribution in [2.75, 3.05) is 0 Å². The first-order valence-electron chi connectivity index (χ1n) is 5.82. The number of hydrogen-bond donors (Lipinski definition) is 1. The van der Waals surface area contributed by atoms with Crippen LogP contribution in [0.15, 0.2) is 30.5 Å². The van der Waals surface area contributed by atoms with Crippen LogP contribution in [0.5, 0.6) is 0 Å². The monoisotopic (exact) mass is 214 g/mol. The topological polar surface area (TPSA) is 30.9 Å². The van der Waals surface area contributed by atoms with E-state index in [9.17, 15) is 0 Å². The summed E-state index contributed by atoms with van der Waals surface area (Å²) in [5.74, 6) is 0.525. The molecule has 1 aliphatic carbocycles. The summed E-state index contributed by atoms with van der Waals surface area (Å²) in [5, 5.41) is 1.31. The van der Waals surface area contributed by atoms with Crippen LogP contribution in [-0.2, 0) is 7.05 Å². The summed E-state index contributed by atoms with van der Waals surface area (Å²) < 4.78 is 2.15. The molecule has 2 atom stereocenters. The van der Waals surface area contributed by atoms with Crippen LogP contribution >= 0.6 is 0 Å². The molecule has 1 aromatic carbocycles. The third kappa shape index (κ3) is 1.17. The highest BCUT2D eigenvalue weighted by Gasteiger charge is 2.56. The molecule has 0 spiro atoms. The van der Waals surface area contributed by atoms with Gasteiger partial charge in [-0.15, -0.1) is 0 Å². The van der Waals surface area contributed by atoms with Gasteiger partial charge in [0.15, 0.2) is 0 Å². The Morgan fingerprint density at radius 1 is 1.25 bits per heavy atom. The van der Waals surface area contributed by atoms with Gasteiger partial charge < -0.3 is 10.3 Å². The van der Waals surface area contributed by atoms with E-state index in [-0.39, 0.29) is 5.41 Å². The molecule has 0 saturated heterocycles. The maximum absolute atomic E-state index is 6.12. The molecule has 84 valence electrons. The van der Waals surface area contributed by atoms with Gasteiger partial charge in [0.2, 0.25) is 0 Å².